The molecule has 0 aliphatic carbocycles. The first-order valence-electron chi connectivity index (χ1n) is 9.78. The lowest BCUT2D eigenvalue weighted by Gasteiger charge is -2.14. The topological polar surface area (TPSA) is 95.4 Å². The number of aromatic nitrogens is 1. The van der Waals surface area contributed by atoms with Gasteiger partial charge in [-0.3, -0.25) is 20.0 Å². The number of carbonyl (C=O) groups is 2. The van der Waals surface area contributed by atoms with Crippen molar-refractivity contribution in [3.05, 3.63) is 87.7 Å². The van der Waals surface area contributed by atoms with Crippen LogP contribution in [0.1, 0.15) is 32.0 Å². The molecule has 0 atom stereocenters. The monoisotopic (exact) mass is 494 g/mol. The van der Waals surface area contributed by atoms with Gasteiger partial charge in [-0.2, -0.15) is 0 Å². The number of hydrogen-bond donors (Lipinski definition) is 2. The van der Waals surface area contributed by atoms with Gasteiger partial charge < -0.3 is 15.0 Å². The molecular formula is C24H23BrN4O3. The highest BCUT2D eigenvalue weighted by atomic mass is 79.9. The van der Waals surface area contributed by atoms with Gasteiger partial charge in [-0.1, -0.05) is 12.1 Å². The molecule has 2 aromatic carbocycles. The molecule has 2 N–H and O–H groups in total. The quantitative estimate of drug-likeness (QED) is 0.288. The number of rotatable bonds is 7. The minimum Gasteiger partial charge on any atom is -0.497 e. The van der Waals surface area contributed by atoms with Gasteiger partial charge in [-0.15, -0.1) is 0 Å². The van der Waals surface area contributed by atoms with Crippen molar-refractivity contribution < 1.29 is 14.3 Å². The van der Waals surface area contributed by atoms with Gasteiger partial charge in [0.25, 0.3) is 5.91 Å². The second-order valence-corrected chi connectivity index (χ2v) is 8.17. The Labute approximate surface area is 195 Å². The van der Waals surface area contributed by atoms with Crippen LogP contribution in [-0.4, -0.2) is 48.6 Å². The molecule has 0 fully saturated rings. The van der Waals surface area contributed by atoms with Crippen molar-refractivity contribution in [1.82, 2.24) is 9.88 Å². The van der Waals surface area contributed by atoms with E-state index in [-0.39, 0.29) is 18.1 Å². The largest absolute Gasteiger partial charge is 0.497 e. The van der Waals surface area contributed by atoms with Gasteiger partial charge in [0, 0.05) is 47.1 Å². The Kier molecular flexibility index (Phi) is 7.37. The number of benzene rings is 2. The van der Waals surface area contributed by atoms with Crippen molar-refractivity contribution >= 4 is 39.1 Å². The van der Waals surface area contributed by atoms with Gasteiger partial charge in [0.2, 0.25) is 0 Å². The van der Waals surface area contributed by atoms with Crippen LogP contribution in [0.5, 0.6) is 5.75 Å². The highest BCUT2D eigenvalue weighted by Crippen LogP contribution is 2.24. The molecule has 3 rings (SSSR count). The minimum atomic E-state index is -0.353. The number of pyridine rings is 1. The van der Waals surface area contributed by atoms with E-state index in [1.165, 1.54) is 7.11 Å². The maximum atomic E-state index is 13.0. The summed E-state index contributed by atoms with van der Waals surface area (Å²) < 4.78 is 6.09. The number of methoxy groups -OCH3 is 1. The lowest BCUT2D eigenvalue weighted by Crippen LogP contribution is -2.22. The maximum absolute atomic E-state index is 13.0. The Bertz CT molecular complexity index is 1140. The summed E-state index contributed by atoms with van der Waals surface area (Å²) in [5, 5.41) is 10.8. The smallest absolute Gasteiger partial charge is 0.255 e. The molecular weight excluding hydrogens is 472 g/mol. The number of halogens is 1. The molecule has 7 nitrogen and oxygen atoms in total. The molecule has 1 amide bonds. The fourth-order valence-corrected chi connectivity index (χ4v) is 3.23. The summed E-state index contributed by atoms with van der Waals surface area (Å²) in [6, 6.07) is 15.3. The van der Waals surface area contributed by atoms with Crippen LogP contribution >= 0.6 is 15.9 Å². The number of nitrogens with zero attached hydrogens (tertiary/aromatic N) is 2. The summed E-state index contributed by atoms with van der Waals surface area (Å²) in [5.41, 5.74) is 2.48. The number of ether oxygens (including phenoxy) is 1. The van der Waals surface area contributed by atoms with Crippen molar-refractivity contribution in [3.8, 4) is 5.75 Å². The van der Waals surface area contributed by atoms with Crippen molar-refractivity contribution in [2.75, 3.05) is 26.5 Å². The second kappa shape index (κ2) is 10.2. The molecule has 0 saturated heterocycles. The first-order chi connectivity index (χ1) is 15.3. The Balaban J connectivity index is 1.82. The molecule has 0 aliphatic rings. The molecule has 32 heavy (non-hydrogen) atoms. The summed E-state index contributed by atoms with van der Waals surface area (Å²) in [5.74, 6) is 0.320. The van der Waals surface area contributed by atoms with E-state index in [0.29, 0.717) is 39.7 Å². The number of ketones is 1. The van der Waals surface area contributed by atoms with Gasteiger partial charge in [0.15, 0.2) is 5.78 Å². The fourth-order valence-electron chi connectivity index (χ4n) is 2.99. The van der Waals surface area contributed by atoms with Gasteiger partial charge >= 0.3 is 0 Å². The highest BCUT2D eigenvalue weighted by molar-refractivity contribution is 9.10. The Morgan fingerprint density at radius 1 is 1.06 bits per heavy atom. The SMILES string of the molecule is COc1ccc(NC(=O)c2ccc(C(=N)N(C)C)cc2)c(C(=O)Cc2ccc(Br)cn2)c1. The molecule has 0 spiro atoms. The fraction of sp³-hybridized carbons (Fsp3) is 0.167. The normalized spacial score (nSPS) is 10.4. The third-order valence-corrected chi connectivity index (χ3v) is 5.24. The summed E-state index contributed by atoms with van der Waals surface area (Å²) >= 11 is 3.33. The van der Waals surface area contributed by atoms with Crippen LogP contribution in [-0.2, 0) is 6.42 Å². The van der Waals surface area contributed by atoms with Gasteiger partial charge in [-0.05, 0) is 58.4 Å². The van der Waals surface area contributed by atoms with E-state index in [4.69, 9.17) is 10.1 Å². The molecule has 0 aliphatic heterocycles. The third-order valence-electron chi connectivity index (χ3n) is 4.77. The molecule has 1 heterocycles. The first-order valence-corrected chi connectivity index (χ1v) is 10.6. The standard InChI is InChI=1S/C24H23BrN4O3/c1-29(2)23(26)15-4-6-16(7-5-15)24(31)28-21-11-10-19(32-3)13-20(21)22(30)12-18-9-8-17(25)14-27-18/h4-11,13-14,26H,12H2,1-3H3,(H,28,31). The van der Waals surface area contributed by atoms with E-state index in [0.717, 1.165) is 4.47 Å². The predicted octanol–water partition coefficient (Wildman–Crippen LogP) is 4.42. The number of anilines is 1. The van der Waals surface area contributed by atoms with E-state index in [1.807, 2.05) is 6.07 Å². The van der Waals surface area contributed by atoms with Crippen molar-refractivity contribution in [1.29, 1.82) is 5.41 Å². The molecule has 8 heteroatoms. The molecule has 0 unspecified atom stereocenters. The Morgan fingerprint density at radius 3 is 2.34 bits per heavy atom. The minimum absolute atomic E-state index is 0.0880. The molecule has 1 aromatic heterocycles. The zero-order valence-corrected chi connectivity index (χ0v) is 19.6. The number of hydrogen-bond acceptors (Lipinski definition) is 5. The maximum Gasteiger partial charge on any atom is 0.255 e. The zero-order valence-electron chi connectivity index (χ0n) is 18.0. The van der Waals surface area contributed by atoms with Gasteiger partial charge in [0.05, 0.1) is 19.2 Å². The molecule has 3 aromatic rings. The number of carbonyl (C=O) groups excluding carboxylic acids is 2. The number of Topliss-reactive ketones (excluding diaryl/α,β-unsaturated/α-hetero) is 1. The Morgan fingerprint density at radius 2 is 1.75 bits per heavy atom. The predicted molar refractivity (Wildman–Crippen MR) is 128 cm³/mol. The van der Waals surface area contributed by atoms with Crippen LogP contribution in [0.25, 0.3) is 0 Å². The second-order valence-electron chi connectivity index (χ2n) is 7.25. The zero-order chi connectivity index (χ0) is 23.3. The van der Waals surface area contributed by atoms with Crippen LogP contribution in [0, 0.1) is 5.41 Å². The Hall–Kier alpha value is -3.52. The van der Waals surface area contributed by atoms with Crippen molar-refractivity contribution in [2.24, 2.45) is 0 Å². The lowest BCUT2D eigenvalue weighted by atomic mass is 10.0. The van der Waals surface area contributed by atoms with Crippen molar-refractivity contribution in [3.63, 3.8) is 0 Å². The van der Waals surface area contributed by atoms with Crippen LogP contribution in [0.3, 0.4) is 0 Å². The lowest BCUT2D eigenvalue weighted by molar-refractivity contribution is 0.0992. The summed E-state index contributed by atoms with van der Waals surface area (Å²) in [4.78, 5) is 31.8. The third kappa shape index (κ3) is 5.59. The van der Waals surface area contributed by atoms with Crippen LogP contribution in [0.4, 0.5) is 5.69 Å². The van der Waals surface area contributed by atoms with E-state index in [2.05, 4.69) is 26.2 Å². The van der Waals surface area contributed by atoms with Crippen LogP contribution < -0.4 is 10.1 Å². The van der Waals surface area contributed by atoms with Crippen LogP contribution in [0.2, 0.25) is 0 Å². The summed E-state index contributed by atoms with van der Waals surface area (Å²) in [6.45, 7) is 0. The van der Waals surface area contributed by atoms with Gasteiger partial charge in [-0.25, -0.2) is 0 Å². The summed E-state index contributed by atoms with van der Waals surface area (Å²) in [7, 11) is 5.09. The average molecular weight is 495 g/mol. The van der Waals surface area contributed by atoms with Crippen molar-refractivity contribution in [2.45, 2.75) is 6.42 Å². The molecule has 0 bridgehead atoms. The van der Waals surface area contributed by atoms with Crippen LogP contribution in [0.15, 0.2) is 65.3 Å². The van der Waals surface area contributed by atoms with E-state index in [9.17, 15) is 9.59 Å². The van der Waals surface area contributed by atoms with E-state index < -0.39 is 0 Å². The highest BCUT2D eigenvalue weighted by Gasteiger charge is 2.17. The number of nitrogens with one attached hydrogen (secondary N) is 2. The summed E-state index contributed by atoms with van der Waals surface area (Å²) in [6.07, 6.45) is 1.72. The average Bonchev–Trinajstić information content (AvgIpc) is 2.80. The van der Waals surface area contributed by atoms with Gasteiger partial charge in [0.1, 0.15) is 11.6 Å². The molecule has 164 valence electrons. The van der Waals surface area contributed by atoms with E-state index in [1.54, 1.807) is 73.7 Å². The van der Waals surface area contributed by atoms with E-state index >= 15 is 0 Å². The molecule has 0 radical (unpaired) electrons. The number of amidine groups is 1. The molecule has 0 saturated carbocycles. The first kappa shape index (κ1) is 23.1. The number of amides is 1.